The topological polar surface area (TPSA) is 155 Å². The maximum absolute atomic E-state index is 12.9. The highest BCUT2D eigenvalue weighted by atomic mass is 31.2. The number of esters is 3. The van der Waals surface area contributed by atoms with Crippen LogP contribution in [0.1, 0.15) is 316 Å². The molecule has 0 aromatic carbocycles. The minimum Gasteiger partial charge on any atom is -0.462 e. The number of unbranched alkanes of at least 4 members (excludes halogenated alkanes) is 38. The minimum atomic E-state index is -4.74. The van der Waals surface area contributed by atoms with E-state index in [1.54, 1.807) is 0 Å². The van der Waals surface area contributed by atoms with Crippen molar-refractivity contribution in [1.29, 1.82) is 0 Å². The Labute approximate surface area is 455 Å². The van der Waals surface area contributed by atoms with Crippen LogP contribution < -0.4 is 0 Å². The molecule has 3 atom stereocenters. The molecule has 3 unspecified atom stereocenters. The molecule has 0 saturated heterocycles. The summed E-state index contributed by atoms with van der Waals surface area (Å²) in [5.41, 5.74) is 0. The third-order valence-electron chi connectivity index (χ3n) is 13.9. The fourth-order valence-corrected chi connectivity index (χ4v) is 9.88. The summed E-state index contributed by atoms with van der Waals surface area (Å²) < 4.78 is 39.6. The molecule has 0 heterocycles. The molecule has 11 nitrogen and oxygen atoms in total. The van der Waals surface area contributed by atoms with Gasteiger partial charge in [-0.05, 0) is 51.4 Å². The zero-order valence-corrected chi connectivity index (χ0v) is 49.2. The molecule has 0 aromatic heterocycles. The number of aliphatic hydroxyl groups is 1. The minimum absolute atomic E-state index is 0.168. The van der Waals surface area contributed by atoms with E-state index in [1.165, 1.54) is 186 Å². The van der Waals surface area contributed by atoms with Crippen LogP contribution in [-0.4, -0.2) is 66.5 Å². The van der Waals surface area contributed by atoms with E-state index in [9.17, 15) is 28.9 Å². The Hall–Kier alpha value is -2.04. The van der Waals surface area contributed by atoms with E-state index in [0.717, 1.165) is 70.6 Å². The molecule has 436 valence electrons. The van der Waals surface area contributed by atoms with Gasteiger partial charge in [-0.1, -0.05) is 270 Å². The molecule has 74 heavy (non-hydrogen) atoms. The van der Waals surface area contributed by atoms with Crippen LogP contribution in [-0.2, 0) is 42.2 Å². The average molecular weight is 1070 g/mol. The fourth-order valence-electron chi connectivity index (χ4n) is 9.10. The fraction of sp³-hybridized carbons (Fsp3) is 0.887. The quantitative estimate of drug-likeness (QED) is 0.0197. The van der Waals surface area contributed by atoms with Crippen molar-refractivity contribution >= 4 is 25.7 Å². The van der Waals surface area contributed by atoms with E-state index in [2.05, 4.69) is 45.1 Å². The Morgan fingerprint density at radius 1 is 0.378 bits per heavy atom. The average Bonchev–Trinajstić information content (AvgIpc) is 3.39. The maximum atomic E-state index is 12.9. The first-order valence-corrected chi connectivity index (χ1v) is 32.7. The molecular formula is C62H117O11P. The summed E-state index contributed by atoms with van der Waals surface area (Å²) in [4.78, 5) is 48.5. The zero-order chi connectivity index (χ0) is 54.1. The molecule has 0 rings (SSSR count). The van der Waals surface area contributed by atoms with E-state index >= 15 is 0 Å². The zero-order valence-electron chi connectivity index (χ0n) is 48.3. The second kappa shape index (κ2) is 57.1. The number of carbonyl (C=O) groups is 3. The van der Waals surface area contributed by atoms with E-state index in [1.807, 2.05) is 0 Å². The number of phosphoric acid groups is 1. The standard InChI is InChI=1S/C62H117O11P/c1-4-7-10-13-16-19-21-23-25-27-29-31-33-35-37-40-43-46-49-52-61(65)72-58(54-63)56-70-74(67,68)71-57-59(55-69-60(64)51-48-45-42-39-18-15-12-9-6-3)73-62(66)53-50-47-44-41-38-36-34-32-30-28-26-24-22-20-17-14-11-8-5-2/h17,20,24,26,58-59,63H,4-16,18-19,21-23,25,27-57H2,1-3H3,(H,67,68)/b20-17-,26-24-. The van der Waals surface area contributed by atoms with E-state index in [4.69, 9.17) is 23.3 Å². The lowest BCUT2D eigenvalue weighted by atomic mass is 10.0. The van der Waals surface area contributed by atoms with Gasteiger partial charge < -0.3 is 24.2 Å². The van der Waals surface area contributed by atoms with Crippen molar-refractivity contribution in [1.82, 2.24) is 0 Å². The van der Waals surface area contributed by atoms with Gasteiger partial charge in [-0.2, -0.15) is 0 Å². The van der Waals surface area contributed by atoms with Gasteiger partial charge in [-0.15, -0.1) is 0 Å². The lowest BCUT2D eigenvalue weighted by Crippen LogP contribution is -2.30. The van der Waals surface area contributed by atoms with E-state index < -0.39 is 57.8 Å². The smallest absolute Gasteiger partial charge is 0.462 e. The predicted molar refractivity (Wildman–Crippen MR) is 307 cm³/mol. The Morgan fingerprint density at radius 3 is 1.03 bits per heavy atom. The Balaban J connectivity index is 4.53. The number of aliphatic hydroxyl groups excluding tert-OH is 1. The second-order valence-corrected chi connectivity index (χ2v) is 22.7. The molecule has 0 aliphatic rings. The predicted octanol–water partition coefficient (Wildman–Crippen LogP) is 18.6. The van der Waals surface area contributed by atoms with Crippen LogP contribution >= 0.6 is 7.82 Å². The highest BCUT2D eigenvalue weighted by Crippen LogP contribution is 2.43. The highest BCUT2D eigenvalue weighted by molar-refractivity contribution is 7.47. The number of hydrogen-bond donors (Lipinski definition) is 2. The van der Waals surface area contributed by atoms with Crippen LogP contribution in [0.5, 0.6) is 0 Å². The van der Waals surface area contributed by atoms with Crippen molar-refractivity contribution in [2.45, 2.75) is 328 Å². The Bertz CT molecular complexity index is 1340. The lowest BCUT2D eigenvalue weighted by Gasteiger charge is -2.21. The van der Waals surface area contributed by atoms with Gasteiger partial charge in [0.15, 0.2) is 6.10 Å². The van der Waals surface area contributed by atoms with Crippen LogP contribution in [0.15, 0.2) is 24.3 Å². The van der Waals surface area contributed by atoms with Gasteiger partial charge in [-0.25, -0.2) is 4.57 Å². The van der Waals surface area contributed by atoms with Gasteiger partial charge in [0.25, 0.3) is 0 Å². The van der Waals surface area contributed by atoms with E-state index in [0.29, 0.717) is 19.3 Å². The Morgan fingerprint density at radius 2 is 0.662 bits per heavy atom. The first-order chi connectivity index (χ1) is 36.2. The monoisotopic (exact) mass is 1070 g/mol. The molecule has 0 bridgehead atoms. The molecule has 0 saturated carbocycles. The van der Waals surface area contributed by atoms with Gasteiger partial charge in [-0.3, -0.25) is 23.4 Å². The van der Waals surface area contributed by atoms with Crippen LogP contribution in [0.25, 0.3) is 0 Å². The molecule has 0 aliphatic heterocycles. The lowest BCUT2D eigenvalue weighted by molar-refractivity contribution is -0.161. The largest absolute Gasteiger partial charge is 0.472 e. The van der Waals surface area contributed by atoms with Crippen molar-refractivity contribution in [2.24, 2.45) is 0 Å². The number of rotatable bonds is 59. The van der Waals surface area contributed by atoms with Gasteiger partial charge in [0.05, 0.1) is 19.8 Å². The van der Waals surface area contributed by atoms with Crippen LogP contribution in [0.3, 0.4) is 0 Å². The van der Waals surface area contributed by atoms with Crippen LogP contribution in [0.2, 0.25) is 0 Å². The molecule has 0 aliphatic carbocycles. The normalized spacial score (nSPS) is 13.4. The number of ether oxygens (including phenoxy) is 3. The van der Waals surface area contributed by atoms with Gasteiger partial charge in [0, 0.05) is 19.3 Å². The molecular weight excluding hydrogens is 952 g/mol. The van der Waals surface area contributed by atoms with Crippen LogP contribution in [0, 0.1) is 0 Å². The third kappa shape index (κ3) is 54.7. The number of phosphoric ester groups is 1. The van der Waals surface area contributed by atoms with Crippen molar-refractivity contribution in [3.8, 4) is 0 Å². The van der Waals surface area contributed by atoms with Crippen molar-refractivity contribution in [2.75, 3.05) is 26.4 Å². The molecule has 0 amide bonds. The van der Waals surface area contributed by atoms with Gasteiger partial charge >= 0.3 is 25.7 Å². The van der Waals surface area contributed by atoms with Crippen LogP contribution in [0.4, 0.5) is 0 Å². The summed E-state index contributed by atoms with van der Waals surface area (Å²) in [6.07, 6.45) is 58.6. The Kier molecular flexibility index (Phi) is 55.6. The summed E-state index contributed by atoms with van der Waals surface area (Å²) in [6, 6.07) is 0. The van der Waals surface area contributed by atoms with Gasteiger partial charge in [0.1, 0.15) is 12.7 Å². The first kappa shape index (κ1) is 72.0. The van der Waals surface area contributed by atoms with E-state index in [-0.39, 0.29) is 25.9 Å². The summed E-state index contributed by atoms with van der Waals surface area (Å²) in [6.45, 7) is 4.66. The summed E-state index contributed by atoms with van der Waals surface area (Å²) in [7, 11) is -4.74. The molecule has 0 fully saturated rings. The summed E-state index contributed by atoms with van der Waals surface area (Å²) >= 11 is 0. The summed E-state index contributed by atoms with van der Waals surface area (Å²) in [5, 5.41) is 9.83. The maximum Gasteiger partial charge on any atom is 0.472 e. The second-order valence-electron chi connectivity index (χ2n) is 21.2. The number of allylic oxidation sites excluding steroid dienone is 4. The third-order valence-corrected chi connectivity index (χ3v) is 14.8. The molecule has 12 heteroatoms. The molecule has 2 N–H and O–H groups in total. The number of hydrogen-bond acceptors (Lipinski definition) is 10. The van der Waals surface area contributed by atoms with Crippen molar-refractivity contribution < 1.29 is 52.2 Å². The van der Waals surface area contributed by atoms with Crippen molar-refractivity contribution in [3.05, 3.63) is 24.3 Å². The highest BCUT2D eigenvalue weighted by Gasteiger charge is 2.28. The molecule has 0 aromatic rings. The SMILES string of the molecule is CCCCC/C=C\C/C=C\CCCCCCCCCCCC(=O)OC(COC(=O)CCCCCCCCCCC)COP(=O)(O)OCC(CO)OC(=O)CCCCCCCCCCCCCCCCCCCCC. The van der Waals surface area contributed by atoms with Crippen molar-refractivity contribution in [3.63, 3.8) is 0 Å². The summed E-state index contributed by atoms with van der Waals surface area (Å²) in [5.74, 6) is -1.44. The first-order valence-electron chi connectivity index (χ1n) is 31.2. The van der Waals surface area contributed by atoms with Gasteiger partial charge in [0.2, 0.25) is 0 Å². The molecule has 0 radical (unpaired) electrons. The molecule has 0 spiro atoms. The number of carbonyl (C=O) groups excluding carboxylic acids is 3.